The Morgan fingerprint density at radius 2 is 1.95 bits per heavy atom. The van der Waals surface area contributed by atoms with Crippen molar-refractivity contribution in [3.05, 3.63) is 76.7 Å². The highest BCUT2D eigenvalue weighted by atomic mass is 19.1. The molecular weight excluding hydrogens is 495 g/mol. The number of carbonyl (C=O) groups is 2. The van der Waals surface area contributed by atoms with Crippen LogP contribution in [0, 0.1) is 17.1 Å². The zero-order valence-corrected chi connectivity index (χ0v) is 22.5. The van der Waals surface area contributed by atoms with Crippen molar-refractivity contribution in [1.82, 2.24) is 15.2 Å². The van der Waals surface area contributed by atoms with Crippen LogP contribution < -0.4 is 5.32 Å². The molecule has 0 spiro atoms. The van der Waals surface area contributed by atoms with E-state index in [1.165, 1.54) is 0 Å². The Morgan fingerprint density at radius 3 is 2.62 bits per heavy atom. The Kier molecular flexibility index (Phi) is 7.00. The van der Waals surface area contributed by atoms with Crippen molar-refractivity contribution < 1.29 is 19.1 Å². The summed E-state index contributed by atoms with van der Waals surface area (Å²) >= 11 is 0. The maximum absolute atomic E-state index is 16.0. The smallest absolute Gasteiger partial charge is 0.234 e. The number of halogens is 1. The Bertz CT molecular complexity index is 1480. The molecule has 1 aromatic heterocycles. The molecule has 202 valence electrons. The fourth-order valence-electron chi connectivity index (χ4n) is 5.91. The lowest BCUT2D eigenvalue weighted by molar-refractivity contribution is -0.134. The van der Waals surface area contributed by atoms with Crippen LogP contribution >= 0.6 is 0 Å². The third kappa shape index (κ3) is 5.29. The van der Waals surface area contributed by atoms with Gasteiger partial charge >= 0.3 is 0 Å². The molecule has 0 saturated carbocycles. The number of β-amino-alcohol motifs (C(OH)–C–C–N with tert-alkyl or cyclic N) is 1. The molecule has 7 nitrogen and oxygen atoms in total. The van der Waals surface area contributed by atoms with Gasteiger partial charge in [-0.25, -0.2) is 4.39 Å². The van der Waals surface area contributed by atoms with Crippen molar-refractivity contribution in [3.63, 3.8) is 0 Å². The largest absolute Gasteiger partial charge is 0.388 e. The van der Waals surface area contributed by atoms with E-state index in [1.807, 2.05) is 38.1 Å². The van der Waals surface area contributed by atoms with E-state index in [2.05, 4.69) is 21.3 Å². The molecule has 0 radical (unpaired) electrons. The molecule has 39 heavy (non-hydrogen) atoms. The van der Waals surface area contributed by atoms with Gasteiger partial charge in [-0.15, -0.1) is 0 Å². The van der Waals surface area contributed by atoms with Crippen LogP contribution in [0.3, 0.4) is 0 Å². The number of nitrogens with zero attached hydrogens (tertiary/aromatic N) is 3. The minimum atomic E-state index is -1.16. The topological polar surface area (TPSA) is 106 Å². The molecule has 2 aliphatic heterocycles. The molecule has 0 bridgehead atoms. The van der Waals surface area contributed by atoms with E-state index in [4.69, 9.17) is 0 Å². The Balaban J connectivity index is 1.35. The second kappa shape index (κ2) is 10.1. The summed E-state index contributed by atoms with van der Waals surface area (Å²) in [5, 5.41) is 23.5. The number of benzene rings is 2. The zero-order valence-electron chi connectivity index (χ0n) is 22.5. The van der Waals surface area contributed by atoms with Crippen LogP contribution in [-0.4, -0.2) is 45.5 Å². The fraction of sp³-hybridized carbons (Fsp3) is 0.419. The minimum Gasteiger partial charge on any atom is -0.388 e. The average molecular weight is 529 g/mol. The molecule has 2 amide bonds. The molecule has 3 unspecified atom stereocenters. The molecular formula is C31H33FN4O3. The number of aliphatic hydroxyl groups is 1. The molecule has 5 rings (SSSR count). The van der Waals surface area contributed by atoms with E-state index in [0.717, 1.165) is 11.1 Å². The standard InChI is InChI=1S/C31H33FN4O3/c1-30(2,17-33)21-6-4-19(5-7-21)16-36-13-12-25(31(3,39)18-36)23-8-10-26-24(28(23)32)14-20(15-34-26)22-9-11-27(37)35-29(22)38/h4-8,10,14-15,22,25,39H,9,11-13,16,18H2,1-3H3,(H,35,37,38). The highest BCUT2D eigenvalue weighted by Gasteiger charge is 2.40. The van der Waals surface area contributed by atoms with E-state index < -0.39 is 28.7 Å². The number of likely N-dealkylation sites (tertiary alicyclic amines) is 1. The van der Waals surface area contributed by atoms with Crippen molar-refractivity contribution in [2.24, 2.45) is 0 Å². The fourth-order valence-corrected chi connectivity index (χ4v) is 5.91. The van der Waals surface area contributed by atoms with Gasteiger partial charge in [-0.3, -0.25) is 24.8 Å². The molecule has 8 heteroatoms. The predicted octanol–water partition coefficient (Wildman–Crippen LogP) is 4.44. The van der Waals surface area contributed by atoms with E-state index in [-0.39, 0.29) is 18.2 Å². The van der Waals surface area contributed by atoms with E-state index >= 15 is 4.39 Å². The lowest BCUT2D eigenvalue weighted by atomic mass is 9.77. The number of hydrogen-bond acceptors (Lipinski definition) is 6. The maximum atomic E-state index is 16.0. The number of pyridine rings is 1. The first kappa shape index (κ1) is 26.9. The third-order valence-corrected chi connectivity index (χ3v) is 8.26. The van der Waals surface area contributed by atoms with Gasteiger partial charge in [-0.2, -0.15) is 5.26 Å². The number of hydrogen-bond donors (Lipinski definition) is 2. The molecule has 2 N–H and O–H groups in total. The van der Waals surface area contributed by atoms with Crippen LogP contribution in [0.2, 0.25) is 0 Å². The maximum Gasteiger partial charge on any atom is 0.234 e. The first-order chi connectivity index (χ1) is 18.5. The number of aromatic nitrogens is 1. The predicted molar refractivity (Wildman–Crippen MR) is 145 cm³/mol. The monoisotopic (exact) mass is 528 g/mol. The van der Waals surface area contributed by atoms with Gasteiger partial charge in [0.05, 0.1) is 28.5 Å². The van der Waals surface area contributed by atoms with Gasteiger partial charge in [0, 0.05) is 37.0 Å². The van der Waals surface area contributed by atoms with Crippen molar-refractivity contribution in [2.75, 3.05) is 13.1 Å². The van der Waals surface area contributed by atoms with Gasteiger partial charge in [0.1, 0.15) is 5.82 Å². The highest BCUT2D eigenvalue weighted by molar-refractivity contribution is 6.01. The first-order valence-corrected chi connectivity index (χ1v) is 13.4. The second-order valence-electron chi connectivity index (χ2n) is 11.7. The summed E-state index contributed by atoms with van der Waals surface area (Å²) in [6.07, 6.45) is 2.75. The summed E-state index contributed by atoms with van der Waals surface area (Å²) in [7, 11) is 0. The number of nitriles is 1. The van der Waals surface area contributed by atoms with Crippen molar-refractivity contribution in [2.45, 2.75) is 69.4 Å². The summed E-state index contributed by atoms with van der Waals surface area (Å²) in [4.78, 5) is 30.5. The first-order valence-electron chi connectivity index (χ1n) is 13.4. The van der Waals surface area contributed by atoms with Gasteiger partial charge in [-0.05, 0) is 74.5 Å². The van der Waals surface area contributed by atoms with Gasteiger partial charge in [0.2, 0.25) is 11.8 Å². The van der Waals surface area contributed by atoms with Crippen molar-refractivity contribution >= 4 is 22.7 Å². The van der Waals surface area contributed by atoms with E-state index in [9.17, 15) is 20.0 Å². The van der Waals surface area contributed by atoms with Gasteiger partial charge in [0.15, 0.2) is 0 Å². The highest BCUT2D eigenvalue weighted by Crippen LogP contribution is 2.40. The second-order valence-corrected chi connectivity index (χ2v) is 11.7. The molecule has 2 aliphatic rings. The zero-order chi connectivity index (χ0) is 27.9. The molecule has 2 aromatic carbocycles. The average Bonchev–Trinajstić information content (AvgIpc) is 2.89. The summed E-state index contributed by atoms with van der Waals surface area (Å²) in [5.41, 5.74) is 1.83. The number of imide groups is 1. The number of fused-ring (bicyclic) bond motifs is 1. The number of piperidine rings is 2. The SMILES string of the molecule is CC(C)(C#N)c1ccc(CN2CCC(c3ccc4ncc(C5CCC(=O)NC5=O)cc4c3F)C(C)(O)C2)cc1. The van der Waals surface area contributed by atoms with Gasteiger partial charge < -0.3 is 5.11 Å². The summed E-state index contributed by atoms with van der Waals surface area (Å²) in [5.74, 6) is -2.07. The van der Waals surface area contributed by atoms with Crippen molar-refractivity contribution in [1.29, 1.82) is 5.26 Å². The Labute approximate surface area is 227 Å². The number of nitrogens with one attached hydrogen (secondary N) is 1. The molecule has 3 atom stereocenters. The molecule has 2 saturated heterocycles. The van der Waals surface area contributed by atoms with Crippen LogP contribution in [0.1, 0.15) is 74.1 Å². The molecule has 3 heterocycles. The molecule has 2 fully saturated rings. The van der Waals surface area contributed by atoms with Crippen LogP contribution in [0.15, 0.2) is 48.7 Å². The normalized spacial score (nSPS) is 24.4. The lowest BCUT2D eigenvalue weighted by Crippen LogP contribution is -2.50. The summed E-state index contributed by atoms with van der Waals surface area (Å²) in [6, 6.07) is 15.4. The van der Waals surface area contributed by atoms with Crippen molar-refractivity contribution in [3.8, 4) is 6.07 Å². The summed E-state index contributed by atoms with van der Waals surface area (Å²) < 4.78 is 16.0. The minimum absolute atomic E-state index is 0.237. The molecule has 3 aromatic rings. The Morgan fingerprint density at radius 1 is 1.21 bits per heavy atom. The van der Waals surface area contributed by atoms with Gasteiger partial charge in [-0.1, -0.05) is 30.3 Å². The van der Waals surface area contributed by atoms with Crippen LogP contribution in [0.25, 0.3) is 10.9 Å². The third-order valence-electron chi connectivity index (χ3n) is 8.26. The van der Waals surface area contributed by atoms with E-state index in [0.29, 0.717) is 54.5 Å². The van der Waals surface area contributed by atoms with E-state index in [1.54, 1.807) is 31.3 Å². The summed E-state index contributed by atoms with van der Waals surface area (Å²) in [6.45, 7) is 7.26. The number of amides is 2. The lowest BCUT2D eigenvalue weighted by Gasteiger charge is -2.43. The Hall–Kier alpha value is -3.67. The number of rotatable bonds is 5. The van der Waals surface area contributed by atoms with Gasteiger partial charge in [0.25, 0.3) is 0 Å². The number of carbonyl (C=O) groups excluding carboxylic acids is 2. The molecule has 0 aliphatic carbocycles. The van der Waals surface area contributed by atoms with Crippen LogP contribution in [-0.2, 0) is 21.5 Å². The van der Waals surface area contributed by atoms with Crippen LogP contribution in [0.5, 0.6) is 0 Å². The van der Waals surface area contributed by atoms with Crippen LogP contribution in [0.4, 0.5) is 4.39 Å². The quantitative estimate of drug-likeness (QED) is 0.475.